The number of hydrogen-bond donors (Lipinski definition) is 1. The predicted molar refractivity (Wildman–Crippen MR) is 43.7 cm³/mol. The lowest BCUT2D eigenvalue weighted by molar-refractivity contribution is -0.104. The van der Waals surface area contributed by atoms with Gasteiger partial charge in [0.15, 0.2) is 0 Å². The Morgan fingerprint density at radius 2 is 1.50 bits per heavy atom. The molecule has 0 unspecified atom stereocenters. The van der Waals surface area contributed by atoms with Crippen LogP contribution in [0.15, 0.2) is 0 Å². The van der Waals surface area contributed by atoms with E-state index in [-0.39, 0.29) is 5.60 Å². The zero-order valence-electron chi connectivity index (χ0n) is 7.53. The summed E-state index contributed by atoms with van der Waals surface area (Å²) < 4.78 is 0. The molecule has 0 saturated carbocycles. The second kappa shape index (κ2) is 4.69. The van der Waals surface area contributed by atoms with E-state index in [2.05, 4.69) is 26.3 Å². The van der Waals surface area contributed by atoms with Gasteiger partial charge in [0.25, 0.3) is 0 Å². The molecule has 0 aliphatic rings. The maximum atomic E-state index is 5.43. The van der Waals surface area contributed by atoms with Crippen LogP contribution in [-0.4, -0.2) is 12.6 Å². The van der Waals surface area contributed by atoms with Gasteiger partial charge in [-0.2, -0.15) is 0 Å². The van der Waals surface area contributed by atoms with Gasteiger partial charge in [-0.05, 0) is 19.3 Å². The molecule has 2 heteroatoms. The van der Waals surface area contributed by atoms with E-state index in [4.69, 9.17) is 4.84 Å². The molecule has 0 aromatic heterocycles. The molecule has 0 fully saturated rings. The molecule has 0 amide bonds. The fourth-order valence-corrected chi connectivity index (χ4v) is 1.18. The Morgan fingerprint density at radius 1 is 1.10 bits per heavy atom. The first-order valence-corrected chi connectivity index (χ1v) is 4.09. The van der Waals surface area contributed by atoms with Crippen LogP contribution in [0.2, 0.25) is 0 Å². The molecule has 0 atom stereocenters. The number of rotatable bonds is 5. The second-order valence-corrected chi connectivity index (χ2v) is 2.55. The molecule has 0 spiro atoms. The highest BCUT2D eigenvalue weighted by Crippen LogP contribution is 2.22. The molecule has 0 saturated heterocycles. The standard InChI is InChI=1S/C8H19NO/c1-5-8(6-2,7-3)10-9-4/h9H,5-7H2,1-4H3. The minimum Gasteiger partial charge on any atom is -0.296 e. The van der Waals surface area contributed by atoms with Crippen molar-refractivity contribution in [3.8, 4) is 0 Å². The van der Waals surface area contributed by atoms with Crippen molar-refractivity contribution in [3.05, 3.63) is 0 Å². The highest BCUT2D eigenvalue weighted by Gasteiger charge is 2.24. The van der Waals surface area contributed by atoms with Crippen LogP contribution in [0.3, 0.4) is 0 Å². The van der Waals surface area contributed by atoms with Crippen molar-refractivity contribution in [2.75, 3.05) is 7.05 Å². The Bertz CT molecular complexity index is 71.1. The van der Waals surface area contributed by atoms with E-state index < -0.39 is 0 Å². The third kappa shape index (κ3) is 2.27. The van der Waals surface area contributed by atoms with Gasteiger partial charge in [0.2, 0.25) is 0 Å². The summed E-state index contributed by atoms with van der Waals surface area (Å²) in [4.78, 5) is 5.43. The summed E-state index contributed by atoms with van der Waals surface area (Å²) in [7, 11) is 1.82. The molecule has 0 bridgehead atoms. The van der Waals surface area contributed by atoms with Gasteiger partial charge in [-0.3, -0.25) is 4.84 Å². The molecular formula is C8H19NO. The summed E-state index contributed by atoms with van der Waals surface area (Å²) in [5, 5.41) is 0. The van der Waals surface area contributed by atoms with E-state index in [1.54, 1.807) is 0 Å². The van der Waals surface area contributed by atoms with Crippen molar-refractivity contribution < 1.29 is 4.84 Å². The largest absolute Gasteiger partial charge is 0.296 e. The van der Waals surface area contributed by atoms with Gasteiger partial charge in [0, 0.05) is 7.05 Å². The van der Waals surface area contributed by atoms with Crippen molar-refractivity contribution >= 4 is 0 Å². The van der Waals surface area contributed by atoms with Crippen LogP contribution < -0.4 is 5.48 Å². The van der Waals surface area contributed by atoms with Crippen LogP contribution in [0.25, 0.3) is 0 Å². The van der Waals surface area contributed by atoms with Gasteiger partial charge in [-0.15, -0.1) is 0 Å². The molecule has 10 heavy (non-hydrogen) atoms. The smallest absolute Gasteiger partial charge is 0.0888 e. The third-order valence-corrected chi connectivity index (χ3v) is 2.25. The van der Waals surface area contributed by atoms with Gasteiger partial charge in [0.05, 0.1) is 5.60 Å². The van der Waals surface area contributed by atoms with Crippen LogP contribution >= 0.6 is 0 Å². The predicted octanol–water partition coefficient (Wildman–Crippen LogP) is 2.11. The summed E-state index contributed by atoms with van der Waals surface area (Å²) in [6.45, 7) is 6.47. The summed E-state index contributed by atoms with van der Waals surface area (Å²) in [6, 6.07) is 0. The Kier molecular flexibility index (Phi) is 4.65. The zero-order valence-corrected chi connectivity index (χ0v) is 7.53. The van der Waals surface area contributed by atoms with Gasteiger partial charge < -0.3 is 0 Å². The maximum absolute atomic E-state index is 5.43. The first kappa shape index (κ1) is 9.92. The van der Waals surface area contributed by atoms with Gasteiger partial charge in [0.1, 0.15) is 0 Å². The van der Waals surface area contributed by atoms with E-state index in [0.717, 1.165) is 19.3 Å². The normalized spacial score (nSPS) is 12.0. The quantitative estimate of drug-likeness (QED) is 0.598. The van der Waals surface area contributed by atoms with Crippen molar-refractivity contribution in [2.45, 2.75) is 45.6 Å². The highest BCUT2D eigenvalue weighted by atomic mass is 16.7. The molecule has 0 heterocycles. The molecule has 0 radical (unpaired) electrons. The van der Waals surface area contributed by atoms with E-state index in [0.29, 0.717) is 0 Å². The van der Waals surface area contributed by atoms with Crippen LogP contribution in [0.1, 0.15) is 40.0 Å². The minimum atomic E-state index is 0.0642. The minimum absolute atomic E-state index is 0.0642. The van der Waals surface area contributed by atoms with Crippen molar-refractivity contribution in [2.24, 2.45) is 0 Å². The van der Waals surface area contributed by atoms with Crippen LogP contribution in [0.5, 0.6) is 0 Å². The number of nitrogens with one attached hydrogen (secondary N) is 1. The highest BCUT2D eigenvalue weighted by molar-refractivity contribution is 4.74. The van der Waals surface area contributed by atoms with Gasteiger partial charge in [-0.25, -0.2) is 5.48 Å². The first-order chi connectivity index (χ1) is 4.74. The van der Waals surface area contributed by atoms with E-state index >= 15 is 0 Å². The first-order valence-electron chi connectivity index (χ1n) is 4.09. The molecule has 1 N–H and O–H groups in total. The lowest BCUT2D eigenvalue weighted by atomic mass is 9.94. The molecule has 0 aromatic rings. The topological polar surface area (TPSA) is 21.3 Å². The van der Waals surface area contributed by atoms with E-state index in [1.165, 1.54) is 0 Å². The lowest BCUT2D eigenvalue weighted by Gasteiger charge is -2.29. The van der Waals surface area contributed by atoms with Crippen molar-refractivity contribution in [1.29, 1.82) is 0 Å². The van der Waals surface area contributed by atoms with Crippen molar-refractivity contribution in [3.63, 3.8) is 0 Å². The average Bonchev–Trinajstić information content (AvgIpc) is 2.01. The van der Waals surface area contributed by atoms with Crippen LogP contribution in [0, 0.1) is 0 Å². The SMILES string of the molecule is CCC(CC)(CC)ONC. The van der Waals surface area contributed by atoms with Crippen molar-refractivity contribution in [1.82, 2.24) is 5.48 Å². The Balaban J connectivity index is 3.87. The maximum Gasteiger partial charge on any atom is 0.0888 e. The fraction of sp³-hybridized carbons (Fsp3) is 1.00. The van der Waals surface area contributed by atoms with Gasteiger partial charge >= 0.3 is 0 Å². The van der Waals surface area contributed by atoms with Gasteiger partial charge in [-0.1, -0.05) is 20.8 Å². The summed E-state index contributed by atoms with van der Waals surface area (Å²) >= 11 is 0. The Hall–Kier alpha value is -0.0800. The molecular weight excluding hydrogens is 126 g/mol. The third-order valence-electron chi connectivity index (χ3n) is 2.25. The zero-order chi connectivity index (χ0) is 8.04. The molecule has 0 rings (SSSR count). The fourth-order valence-electron chi connectivity index (χ4n) is 1.18. The summed E-state index contributed by atoms with van der Waals surface area (Å²) in [5.41, 5.74) is 2.83. The molecule has 2 nitrogen and oxygen atoms in total. The Labute approximate surface area is 63.9 Å². The van der Waals surface area contributed by atoms with Crippen LogP contribution in [0.4, 0.5) is 0 Å². The van der Waals surface area contributed by atoms with E-state index in [9.17, 15) is 0 Å². The molecule has 62 valence electrons. The average molecular weight is 145 g/mol. The molecule has 0 aliphatic heterocycles. The molecule has 0 aliphatic carbocycles. The number of hydroxylamine groups is 1. The Morgan fingerprint density at radius 3 is 1.60 bits per heavy atom. The number of hydrogen-bond acceptors (Lipinski definition) is 2. The lowest BCUT2D eigenvalue weighted by Crippen LogP contribution is -2.34. The van der Waals surface area contributed by atoms with Crippen LogP contribution in [-0.2, 0) is 4.84 Å². The summed E-state index contributed by atoms with van der Waals surface area (Å²) in [6.07, 6.45) is 3.21. The second-order valence-electron chi connectivity index (χ2n) is 2.55. The monoisotopic (exact) mass is 145 g/mol. The summed E-state index contributed by atoms with van der Waals surface area (Å²) in [5.74, 6) is 0. The van der Waals surface area contributed by atoms with E-state index in [1.807, 2.05) is 7.05 Å². The molecule has 0 aromatic carbocycles.